The molecule has 1 fully saturated rings. The highest BCUT2D eigenvalue weighted by Crippen LogP contribution is 2.31. The van der Waals surface area contributed by atoms with Crippen molar-refractivity contribution in [3.8, 4) is 0 Å². The molecule has 0 amide bonds. The van der Waals surface area contributed by atoms with E-state index in [1.54, 1.807) is 6.26 Å². The van der Waals surface area contributed by atoms with Crippen LogP contribution in [0.2, 0.25) is 5.02 Å². The number of ether oxygens (including phenoxy) is 1. The molecule has 5 heteroatoms. The predicted octanol–water partition coefficient (Wildman–Crippen LogP) is 4.85. The van der Waals surface area contributed by atoms with E-state index >= 15 is 0 Å². The van der Waals surface area contributed by atoms with E-state index in [-0.39, 0.29) is 5.92 Å². The molecule has 1 aliphatic rings. The first kappa shape index (κ1) is 20.4. The maximum absolute atomic E-state index is 11.2. The van der Waals surface area contributed by atoms with Gasteiger partial charge in [0.15, 0.2) is 0 Å². The summed E-state index contributed by atoms with van der Waals surface area (Å²) in [5, 5.41) is 9.91. The van der Waals surface area contributed by atoms with Gasteiger partial charge in [-0.15, -0.1) is 0 Å². The van der Waals surface area contributed by atoms with Crippen molar-refractivity contribution in [3.63, 3.8) is 0 Å². The van der Waals surface area contributed by atoms with Gasteiger partial charge in [-0.05, 0) is 43.5 Å². The van der Waals surface area contributed by atoms with E-state index in [1.807, 2.05) is 36.4 Å². The predicted molar refractivity (Wildman–Crippen MR) is 112 cm³/mol. The third-order valence-corrected chi connectivity index (χ3v) is 5.51. The van der Waals surface area contributed by atoms with Crippen molar-refractivity contribution < 1.29 is 14.6 Å². The Morgan fingerprint density at radius 2 is 1.93 bits per heavy atom. The Morgan fingerprint density at radius 3 is 2.64 bits per heavy atom. The number of halogens is 1. The SMILES string of the molecule is Cc1ccccc1C(=COCCN1CCC[C@@H](C(=O)O)C1)c1ccccc1Cl. The summed E-state index contributed by atoms with van der Waals surface area (Å²) in [6.07, 6.45) is 3.46. The van der Waals surface area contributed by atoms with Gasteiger partial charge in [-0.1, -0.05) is 54.1 Å². The molecule has 0 spiro atoms. The molecule has 0 aliphatic carbocycles. The van der Waals surface area contributed by atoms with Gasteiger partial charge in [-0.3, -0.25) is 9.69 Å². The number of benzene rings is 2. The Morgan fingerprint density at radius 1 is 1.21 bits per heavy atom. The Kier molecular flexibility index (Phi) is 7.12. The van der Waals surface area contributed by atoms with Crippen LogP contribution in [-0.4, -0.2) is 42.2 Å². The number of aliphatic carboxylic acids is 1. The summed E-state index contributed by atoms with van der Waals surface area (Å²) < 4.78 is 5.90. The maximum Gasteiger partial charge on any atom is 0.307 e. The molecule has 4 nitrogen and oxygen atoms in total. The largest absolute Gasteiger partial charge is 0.499 e. The zero-order valence-electron chi connectivity index (χ0n) is 16.1. The minimum absolute atomic E-state index is 0.269. The maximum atomic E-state index is 11.2. The summed E-state index contributed by atoms with van der Waals surface area (Å²) in [5.74, 6) is -0.971. The zero-order valence-corrected chi connectivity index (χ0v) is 16.9. The van der Waals surface area contributed by atoms with E-state index in [4.69, 9.17) is 16.3 Å². The molecule has 0 radical (unpaired) electrons. The highest BCUT2D eigenvalue weighted by Gasteiger charge is 2.24. The van der Waals surface area contributed by atoms with Crippen molar-refractivity contribution in [2.75, 3.05) is 26.2 Å². The highest BCUT2D eigenvalue weighted by molar-refractivity contribution is 6.32. The van der Waals surface area contributed by atoms with Crippen LogP contribution < -0.4 is 0 Å². The first-order chi connectivity index (χ1) is 13.6. The second-order valence-corrected chi connectivity index (χ2v) is 7.58. The van der Waals surface area contributed by atoms with Gasteiger partial charge in [-0.25, -0.2) is 0 Å². The molecule has 0 aromatic heterocycles. The van der Waals surface area contributed by atoms with Crippen molar-refractivity contribution >= 4 is 23.1 Å². The van der Waals surface area contributed by atoms with Crippen molar-refractivity contribution in [3.05, 3.63) is 76.5 Å². The van der Waals surface area contributed by atoms with Crippen LogP contribution in [0.4, 0.5) is 0 Å². The van der Waals surface area contributed by atoms with Gasteiger partial charge in [0.1, 0.15) is 6.61 Å². The molecule has 1 atom stereocenters. The lowest BCUT2D eigenvalue weighted by Crippen LogP contribution is -2.40. The molecule has 1 heterocycles. The van der Waals surface area contributed by atoms with Crippen LogP contribution in [0.1, 0.15) is 29.5 Å². The highest BCUT2D eigenvalue weighted by atomic mass is 35.5. The van der Waals surface area contributed by atoms with Crippen LogP contribution >= 0.6 is 11.6 Å². The molecule has 1 aliphatic heterocycles. The van der Waals surface area contributed by atoms with Crippen molar-refractivity contribution in [1.29, 1.82) is 0 Å². The summed E-state index contributed by atoms with van der Waals surface area (Å²) in [5.41, 5.74) is 4.12. The molecule has 3 rings (SSSR count). The molecule has 1 saturated heterocycles. The van der Waals surface area contributed by atoms with E-state index < -0.39 is 5.97 Å². The monoisotopic (exact) mass is 399 g/mol. The lowest BCUT2D eigenvalue weighted by molar-refractivity contribution is -0.143. The van der Waals surface area contributed by atoms with Crippen molar-refractivity contribution in [1.82, 2.24) is 4.90 Å². The second-order valence-electron chi connectivity index (χ2n) is 7.18. The fraction of sp³-hybridized carbons (Fsp3) is 0.348. The number of carbonyl (C=O) groups is 1. The van der Waals surface area contributed by atoms with Gasteiger partial charge in [0.05, 0.1) is 12.2 Å². The molecule has 2 aromatic carbocycles. The van der Waals surface area contributed by atoms with Crippen LogP contribution in [0.25, 0.3) is 5.57 Å². The quantitative estimate of drug-likeness (QED) is 0.534. The van der Waals surface area contributed by atoms with Crippen LogP contribution in [0.5, 0.6) is 0 Å². The van der Waals surface area contributed by atoms with E-state index in [0.29, 0.717) is 24.7 Å². The number of hydrogen-bond acceptors (Lipinski definition) is 3. The van der Waals surface area contributed by atoms with Gasteiger partial charge in [0.2, 0.25) is 0 Å². The zero-order chi connectivity index (χ0) is 19.9. The second kappa shape index (κ2) is 9.76. The summed E-state index contributed by atoms with van der Waals surface area (Å²) in [6.45, 7) is 4.80. The van der Waals surface area contributed by atoms with E-state index in [2.05, 4.69) is 24.0 Å². The number of piperidine rings is 1. The Bertz CT molecular complexity index is 802. The molecule has 0 saturated carbocycles. The molecule has 2 aromatic rings. The third kappa shape index (κ3) is 5.15. The van der Waals surface area contributed by atoms with E-state index in [9.17, 15) is 9.90 Å². The molecule has 1 N–H and O–H groups in total. The van der Waals surface area contributed by atoms with E-state index in [0.717, 1.165) is 41.6 Å². The van der Waals surface area contributed by atoms with Gasteiger partial charge in [-0.2, -0.15) is 0 Å². The number of carboxylic acids is 1. The molecule has 28 heavy (non-hydrogen) atoms. The van der Waals surface area contributed by atoms with E-state index in [1.165, 1.54) is 0 Å². The fourth-order valence-electron chi connectivity index (χ4n) is 3.61. The number of carboxylic acid groups (broad SMARTS) is 1. The minimum atomic E-state index is -0.703. The number of nitrogens with zero attached hydrogens (tertiary/aromatic N) is 1. The normalized spacial score (nSPS) is 18.1. The average molecular weight is 400 g/mol. The first-order valence-electron chi connectivity index (χ1n) is 9.64. The Hall–Kier alpha value is -2.30. The summed E-state index contributed by atoms with van der Waals surface area (Å²) in [4.78, 5) is 13.4. The summed E-state index contributed by atoms with van der Waals surface area (Å²) >= 11 is 6.44. The standard InChI is InChI=1S/C23H26ClNO3/c1-17-7-2-3-9-19(17)21(20-10-4-5-11-22(20)24)16-28-14-13-25-12-6-8-18(15-25)23(26)27/h2-5,7,9-11,16,18H,6,8,12-15H2,1H3,(H,26,27)/t18-/m1/s1. The lowest BCUT2D eigenvalue weighted by atomic mass is 9.95. The fourth-order valence-corrected chi connectivity index (χ4v) is 3.85. The van der Waals surface area contributed by atoms with Crippen LogP contribution in [0, 0.1) is 12.8 Å². The lowest BCUT2D eigenvalue weighted by Gasteiger charge is -2.30. The number of hydrogen-bond donors (Lipinski definition) is 1. The average Bonchev–Trinajstić information content (AvgIpc) is 2.70. The van der Waals surface area contributed by atoms with Gasteiger partial charge in [0, 0.05) is 29.2 Å². The molecule has 148 valence electrons. The van der Waals surface area contributed by atoms with Gasteiger partial charge >= 0.3 is 5.97 Å². The number of aryl methyl sites for hydroxylation is 1. The topological polar surface area (TPSA) is 49.8 Å². The Balaban J connectivity index is 1.71. The van der Waals surface area contributed by atoms with Gasteiger partial charge < -0.3 is 9.84 Å². The molecular formula is C23H26ClNO3. The molecule has 0 bridgehead atoms. The van der Waals surface area contributed by atoms with Crippen LogP contribution in [-0.2, 0) is 9.53 Å². The smallest absolute Gasteiger partial charge is 0.307 e. The summed E-state index contributed by atoms with van der Waals surface area (Å²) in [6, 6.07) is 15.9. The Labute approximate surface area is 171 Å². The summed E-state index contributed by atoms with van der Waals surface area (Å²) in [7, 11) is 0. The molecule has 0 unspecified atom stereocenters. The third-order valence-electron chi connectivity index (χ3n) is 5.18. The van der Waals surface area contributed by atoms with Crippen molar-refractivity contribution in [2.45, 2.75) is 19.8 Å². The molecular weight excluding hydrogens is 374 g/mol. The van der Waals surface area contributed by atoms with Gasteiger partial charge in [0.25, 0.3) is 0 Å². The first-order valence-corrected chi connectivity index (χ1v) is 10.0. The van der Waals surface area contributed by atoms with Crippen LogP contribution in [0.3, 0.4) is 0 Å². The van der Waals surface area contributed by atoms with Crippen molar-refractivity contribution in [2.24, 2.45) is 5.92 Å². The minimum Gasteiger partial charge on any atom is -0.499 e. The number of likely N-dealkylation sites (tertiary alicyclic amines) is 1. The van der Waals surface area contributed by atoms with Crippen LogP contribution in [0.15, 0.2) is 54.8 Å². The number of rotatable bonds is 7.